The van der Waals surface area contributed by atoms with E-state index in [0.29, 0.717) is 0 Å². The fourth-order valence-corrected chi connectivity index (χ4v) is 2.11. The van der Waals surface area contributed by atoms with E-state index in [1.54, 1.807) is 5.12 Å². The average molecular weight is 387 g/mol. The largest absolute Gasteiger partial charge is 1.00 e. The minimum atomic E-state index is 0. The lowest BCUT2D eigenvalue weighted by Gasteiger charge is -2.09. The van der Waals surface area contributed by atoms with E-state index in [0.717, 1.165) is 17.1 Å². The molecule has 0 aliphatic carbocycles. The summed E-state index contributed by atoms with van der Waals surface area (Å²) in [5.74, 6) is 0.939. The van der Waals surface area contributed by atoms with Crippen molar-refractivity contribution in [3.05, 3.63) is 63.7 Å². The SMILES string of the molecule is Ic1ccc(N2N=C(c3ccccc3)[NH2+]N2)cc1.[Cl-]. The minimum Gasteiger partial charge on any atom is -1.00 e. The van der Waals surface area contributed by atoms with E-state index in [2.05, 4.69) is 57.5 Å². The van der Waals surface area contributed by atoms with Crippen LogP contribution in [0.4, 0.5) is 5.69 Å². The summed E-state index contributed by atoms with van der Waals surface area (Å²) in [6.45, 7) is 0. The maximum Gasteiger partial charge on any atom is 0.271 e. The van der Waals surface area contributed by atoms with Gasteiger partial charge < -0.3 is 12.4 Å². The van der Waals surface area contributed by atoms with Crippen molar-refractivity contribution in [1.82, 2.24) is 5.53 Å². The van der Waals surface area contributed by atoms with E-state index in [1.165, 1.54) is 3.57 Å². The number of nitrogens with two attached hydrogens (primary N) is 1. The van der Waals surface area contributed by atoms with Gasteiger partial charge in [-0.1, -0.05) is 28.8 Å². The van der Waals surface area contributed by atoms with Crippen molar-refractivity contribution < 1.29 is 17.8 Å². The van der Waals surface area contributed by atoms with Crippen molar-refractivity contribution in [1.29, 1.82) is 0 Å². The quantitative estimate of drug-likeness (QED) is 0.485. The highest BCUT2D eigenvalue weighted by Gasteiger charge is 2.20. The Morgan fingerprint density at radius 2 is 1.68 bits per heavy atom. The van der Waals surface area contributed by atoms with E-state index in [9.17, 15) is 0 Å². The van der Waals surface area contributed by atoms with Gasteiger partial charge in [-0.25, -0.2) is 0 Å². The molecule has 0 saturated carbocycles. The van der Waals surface area contributed by atoms with Crippen molar-refractivity contribution in [3.8, 4) is 0 Å². The van der Waals surface area contributed by atoms with Gasteiger partial charge in [-0.2, -0.15) is 5.43 Å². The Morgan fingerprint density at radius 3 is 2.37 bits per heavy atom. The lowest BCUT2D eigenvalue weighted by Crippen LogP contribution is -3.00. The van der Waals surface area contributed by atoms with E-state index in [-0.39, 0.29) is 12.4 Å². The number of nitrogens with zero attached hydrogens (tertiary/aromatic N) is 2. The second-order valence-electron chi connectivity index (χ2n) is 3.91. The topological polar surface area (TPSA) is 44.2 Å². The summed E-state index contributed by atoms with van der Waals surface area (Å²) in [4.78, 5) is 0. The highest BCUT2D eigenvalue weighted by atomic mass is 127. The summed E-state index contributed by atoms with van der Waals surface area (Å²) < 4.78 is 1.21. The molecule has 0 atom stereocenters. The van der Waals surface area contributed by atoms with Crippen molar-refractivity contribution in [2.24, 2.45) is 5.10 Å². The molecule has 0 spiro atoms. The molecule has 3 rings (SSSR count). The molecule has 3 N–H and O–H groups in total. The summed E-state index contributed by atoms with van der Waals surface area (Å²) in [6, 6.07) is 18.3. The van der Waals surface area contributed by atoms with Gasteiger partial charge >= 0.3 is 0 Å². The van der Waals surface area contributed by atoms with Crippen molar-refractivity contribution in [3.63, 3.8) is 0 Å². The van der Waals surface area contributed by atoms with Gasteiger partial charge in [0.1, 0.15) is 0 Å². The van der Waals surface area contributed by atoms with Crippen molar-refractivity contribution >= 4 is 34.1 Å². The third-order valence-electron chi connectivity index (χ3n) is 2.67. The van der Waals surface area contributed by atoms with Crippen LogP contribution in [0.2, 0.25) is 0 Å². The Balaban J connectivity index is 0.00000133. The molecular formula is C13H12ClIN4. The summed E-state index contributed by atoms with van der Waals surface area (Å²) in [6.07, 6.45) is 0. The molecule has 1 aliphatic heterocycles. The first kappa shape index (κ1) is 14.3. The van der Waals surface area contributed by atoms with Crippen LogP contribution >= 0.6 is 22.6 Å². The Kier molecular flexibility index (Phi) is 4.76. The van der Waals surface area contributed by atoms with Gasteiger partial charge in [0.15, 0.2) is 0 Å². The van der Waals surface area contributed by atoms with Crippen molar-refractivity contribution in [2.75, 3.05) is 5.12 Å². The molecule has 6 heteroatoms. The number of halogens is 2. The predicted molar refractivity (Wildman–Crippen MR) is 79.7 cm³/mol. The lowest BCUT2D eigenvalue weighted by molar-refractivity contribution is -0.595. The van der Waals surface area contributed by atoms with Crippen molar-refractivity contribution in [2.45, 2.75) is 0 Å². The zero-order chi connectivity index (χ0) is 12.4. The number of rotatable bonds is 2. The zero-order valence-electron chi connectivity index (χ0n) is 9.92. The van der Waals surface area contributed by atoms with Crippen LogP contribution in [-0.4, -0.2) is 5.84 Å². The molecule has 0 bridgehead atoms. The summed E-state index contributed by atoms with van der Waals surface area (Å²) >= 11 is 2.29. The van der Waals surface area contributed by atoms with Crippen LogP contribution in [-0.2, 0) is 0 Å². The number of hydrazine groups is 1. The highest BCUT2D eigenvalue weighted by Crippen LogP contribution is 2.15. The molecule has 0 saturated heterocycles. The molecule has 19 heavy (non-hydrogen) atoms. The predicted octanol–water partition coefficient (Wildman–Crippen LogP) is -1.54. The summed E-state index contributed by atoms with van der Waals surface area (Å²) in [5, 5.41) is 6.32. The first-order chi connectivity index (χ1) is 8.83. The first-order valence-corrected chi connectivity index (χ1v) is 6.70. The van der Waals surface area contributed by atoms with E-state index >= 15 is 0 Å². The Morgan fingerprint density at radius 1 is 1.00 bits per heavy atom. The van der Waals surface area contributed by atoms with Gasteiger partial charge in [0.2, 0.25) is 0 Å². The first-order valence-electron chi connectivity index (χ1n) is 5.62. The van der Waals surface area contributed by atoms with Gasteiger partial charge in [0.25, 0.3) is 5.84 Å². The molecule has 4 nitrogen and oxygen atoms in total. The summed E-state index contributed by atoms with van der Waals surface area (Å²) in [5.41, 5.74) is 7.19. The second-order valence-corrected chi connectivity index (χ2v) is 5.16. The molecule has 2 aromatic carbocycles. The number of quaternary nitrogens is 1. The van der Waals surface area contributed by atoms with Crippen LogP contribution < -0.4 is 28.5 Å². The number of hydrogen-bond acceptors (Lipinski definition) is 3. The van der Waals surface area contributed by atoms with Crippen LogP contribution in [0.3, 0.4) is 0 Å². The molecular weight excluding hydrogens is 375 g/mol. The molecule has 2 aromatic rings. The highest BCUT2D eigenvalue weighted by molar-refractivity contribution is 14.1. The van der Waals surface area contributed by atoms with Gasteiger partial charge in [-0.3, -0.25) is 0 Å². The number of amidine groups is 1. The average Bonchev–Trinajstić information content (AvgIpc) is 2.90. The van der Waals surface area contributed by atoms with E-state index in [4.69, 9.17) is 0 Å². The molecule has 0 aromatic heterocycles. The molecule has 0 amide bonds. The normalized spacial score (nSPS) is 13.9. The third kappa shape index (κ3) is 3.24. The van der Waals surface area contributed by atoms with Crippen LogP contribution in [0.15, 0.2) is 59.7 Å². The third-order valence-corrected chi connectivity index (χ3v) is 3.39. The van der Waals surface area contributed by atoms with Gasteiger partial charge in [0.05, 0.1) is 11.3 Å². The van der Waals surface area contributed by atoms with E-state index in [1.807, 2.05) is 35.8 Å². The van der Waals surface area contributed by atoms with Crippen LogP contribution in [0.5, 0.6) is 0 Å². The monoisotopic (exact) mass is 386 g/mol. The van der Waals surface area contributed by atoms with E-state index < -0.39 is 0 Å². The molecule has 1 heterocycles. The molecule has 0 radical (unpaired) electrons. The van der Waals surface area contributed by atoms with Gasteiger partial charge in [-0.15, -0.1) is 5.12 Å². The standard InChI is InChI=1S/C13H11IN4.ClH/c14-11-6-8-12(9-7-11)18-16-13(15-17-18)10-4-2-1-3-5-10;/h1-9,17H,(H,15,16);1H. The minimum absolute atomic E-state index is 0. The molecule has 0 fully saturated rings. The second kappa shape index (κ2) is 6.33. The van der Waals surface area contributed by atoms with Gasteiger partial charge in [0, 0.05) is 3.57 Å². The van der Waals surface area contributed by atoms with Crippen LogP contribution in [0.25, 0.3) is 0 Å². The smallest absolute Gasteiger partial charge is 0.271 e. The maximum atomic E-state index is 4.54. The Bertz CT molecular complexity index is 571. The lowest BCUT2D eigenvalue weighted by atomic mass is 10.2. The number of benzene rings is 2. The number of nitrogens with one attached hydrogen (secondary N) is 1. The number of hydrogen-bond donors (Lipinski definition) is 2. The zero-order valence-corrected chi connectivity index (χ0v) is 12.8. The maximum absolute atomic E-state index is 4.54. The summed E-state index contributed by atoms with van der Waals surface area (Å²) in [7, 11) is 0. The fraction of sp³-hybridized carbons (Fsp3) is 0. The Labute approximate surface area is 131 Å². The molecule has 1 aliphatic rings. The molecule has 98 valence electrons. The van der Waals surface area contributed by atoms with Crippen LogP contribution in [0.1, 0.15) is 5.56 Å². The number of anilines is 1. The Hall–Kier alpha value is -1.15. The fourth-order valence-electron chi connectivity index (χ4n) is 1.75. The van der Waals surface area contributed by atoms with Crippen LogP contribution in [0, 0.1) is 3.57 Å². The molecule has 0 unspecified atom stereocenters. The van der Waals surface area contributed by atoms with Gasteiger partial charge in [-0.05, 0) is 59.0 Å². The number of hydrazone groups is 1.